The van der Waals surface area contributed by atoms with E-state index in [1.807, 2.05) is 0 Å². The SMILES string of the molecule is Cc1ccc(C(=O)NC(C)c2ccnc(NC(=O)C3CC3)c2)c(OCCC(F)(F)F)n1. The molecule has 0 saturated heterocycles. The zero-order valence-corrected chi connectivity index (χ0v) is 17.1. The van der Waals surface area contributed by atoms with Gasteiger partial charge in [-0.25, -0.2) is 9.97 Å². The number of ether oxygens (including phenoxy) is 1. The first-order valence-electron chi connectivity index (χ1n) is 9.87. The van der Waals surface area contributed by atoms with Gasteiger partial charge in [0.1, 0.15) is 11.4 Å². The van der Waals surface area contributed by atoms with E-state index in [0.717, 1.165) is 12.8 Å². The number of hydrogen-bond donors (Lipinski definition) is 2. The molecule has 2 amide bonds. The van der Waals surface area contributed by atoms with Crippen LogP contribution in [0.5, 0.6) is 5.88 Å². The van der Waals surface area contributed by atoms with E-state index in [1.54, 1.807) is 32.0 Å². The van der Waals surface area contributed by atoms with Crippen LogP contribution in [0.4, 0.5) is 19.0 Å². The number of nitrogens with one attached hydrogen (secondary N) is 2. The number of nitrogens with zero attached hydrogens (tertiary/aromatic N) is 2. The van der Waals surface area contributed by atoms with Crippen molar-refractivity contribution in [1.29, 1.82) is 0 Å². The third-order valence-corrected chi connectivity index (χ3v) is 4.70. The maximum absolute atomic E-state index is 12.7. The molecular formula is C21H23F3N4O3. The second kappa shape index (κ2) is 9.32. The number of pyridine rings is 2. The third-order valence-electron chi connectivity index (χ3n) is 4.70. The lowest BCUT2D eigenvalue weighted by atomic mass is 10.1. The Balaban J connectivity index is 1.67. The Morgan fingerprint density at radius 3 is 2.68 bits per heavy atom. The second-order valence-electron chi connectivity index (χ2n) is 7.45. The molecule has 2 N–H and O–H groups in total. The van der Waals surface area contributed by atoms with Crippen LogP contribution in [0.2, 0.25) is 0 Å². The summed E-state index contributed by atoms with van der Waals surface area (Å²) in [4.78, 5) is 32.8. The maximum atomic E-state index is 12.7. The van der Waals surface area contributed by atoms with Gasteiger partial charge in [-0.1, -0.05) is 0 Å². The van der Waals surface area contributed by atoms with Gasteiger partial charge >= 0.3 is 6.18 Å². The van der Waals surface area contributed by atoms with Crippen LogP contribution >= 0.6 is 0 Å². The number of aryl methyl sites for hydroxylation is 1. The van der Waals surface area contributed by atoms with Crippen LogP contribution in [0.25, 0.3) is 0 Å². The minimum absolute atomic E-state index is 0.0346. The lowest BCUT2D eigenvalue weighted by Gasteiger charge is -2.17. The van der Waals surface area contributed by atoms with Crippen LogP contribution in [0.15, 0.2) is 30.5 Å². The first-order valence-corrected chi connectivity index (χ1v) is 9.87. The number of alkyl halides is 3. The van der Waals surface area contributed by atoms with E-state index in [2.05, 4.69) is 20.6 Å². The van der Waals surface area contributed by atoms with Gasteiger partial charge in [-0.2, -0.15) is 13.2 Å². The van der Waals surface area contributed by atoms with E-state index >= 15 is 0 Å². The molecule has 31 heavy (non-hydrogen) atoms. The first kappa shape index (κ1) is 22.5. The van der Waals surface area contributed by atoms with E-state index in [0.29, 0.717) is 17.1 Å². The largest absolute Gasteiger partial charge is 0.477 e. The summed E-state index contributed by atoms with van der Waals surface area (Å²) in [6.45, 7) is 2.76. The summed E-state index contributed by atoms with van der Waals surface area (Å²) in [6, 6.07) is 5.94. The third kappa shape index (κ3) is 6.66. The van der Waals surface area contributed by atoms with Crippen LogP contribution in [0.3, 0.4) is 0 Å². The predicted molar refractivity (Wildman–Crippen MR) is 107 cm³/mol. The van der Waals surface area contributed by atoms with Crippen molar-refractivity contribution in [3.05, 3.63) is 47.3 Å². The molecule has 0 aromatic carbocycles. The molecule has 1 aliphatic rings. The molecule has 2 heterocycles. The van der Waals surface area contributed by atoms with Crippen molar-refractivity contribution in [2.45, 2.75) is 45.3 Å². The number of hydrogen-bond acceptors (Lipinski definition) is 5. The smallest absolute Gasteiger partial charge is 0.392 e. The molecular weight excluding hydrogens is 413 g/mol. The summed E-state index contributed by atoms with van der Waals surface area (Å²) in [5.41, 5.74) is 1.25. The highest BCUT2D eigenvalue weighted by Crippen LogP contribution is 2.30. The number of aromatic nitrogens is 2. The topological polar surface area (TPSA) is 93.2 Å². The van der Waals surface area contributed by atoms with Crippen LogP contribution < -0.4 is 15.4 Å². The average molecular weight is 436 g/mol. The highest BCUT2D eigenvalue weighted by molar-refractivity contribution is 5.96. The summed E-state index contributed by atoms with van der Waals surface area (Å²) in [7, 11) is 0. The molecule has 1 aliphatic carbocycles. The van der Waals surface area contributed by atoms with Gasteiger partial charge in [-0.3, -0.25) is 9.59 Å². The summed E-state index contributed by atoms with van der Waals surface area (Å²) < 4.78 is 42.4. The van der Waals surface area contributed by atoms with Crippen LogP contribution in [-0.4, -0.2) is 34.6 Å². The van der Waals surface area contributed by atoms with Gasteiger partial charge in [0.2, 0.25) is 11.8 Å². The van der Waals surface area contributed by atoms with Crippen molar-refractivity contribution in [3.8, 4) is 5.88 Å². The molecule has 1 unspecified atom stereocenters. The zero-order chi connectivity index (χ0) is 22.6. The molecule has 1 atom stereocenters. The summed E-state index contributed by atoms with van der Waals surface area (Å²) in [6.07, 6.45) is -2.24. The number of rotatable bonds is 8. The Morgan fingerprint density at radius 2 is 2.00 bits per heavy atom. The van der Waals surface area contributed by atoms with E-state index < -0.39 is 31.2 Å². The highest BCUT2D eigenvalue weighted by atomic mass is 19.4. The predicted octanol–water partition coefficient (Wildman–Crippen LogP) is 3.96. The summed E-state index contributed by atoms with van der Waals surface area (Å²) in [5.74, 6) is -0.341. The highest BCUT2D eigenvalue weighted by Gasteiger charge is 2.30. The number of anilines is 1. The van der Waals surface area contributed by atoms with Crippen molar-refractivity contribution < 1.29 is 27.5 Å². The van der Waals surface area contributed by atoms with Gasteiger partial charge in [0.25, 0.3) is 5.91 Å². The van der Waals surface area contributed by atoms with E-state index in [9.17, 15) is 22.8 Å². The monoisotopic (exact) mass is 436 g/mol. The van der Waals surface area contributed by atoms with Crippen LogP contribution in [0.1, 0.15) is 53.8 Å². The molecule has 0 radical (unpaired) electrons. The number of halogens is 3. The molecule has 2 aromatic heterocycles. The van der Waals surface area contributed by atoms with Gasteiger partial charge in [0.15, 0.2) is 0 Å². The average Bonchev–Trinajstić information content (AvgIpc) is 3.52. The van der Waals surface area contributed by atoms with E-state index in [1.165, 1.54) is 12.3 Å². The Morgan fingerprint density at radius 1 is 1.26 bits per heavy atom. The standard InChI is InChI=1S/C21H23F3N4O3/c1-12-3-6-16(20(26-12)31-10-8-21(22,23)24)19(30)27-13(2)15-7-9-25-17(11-15)28-18(29)14-4-5-14/h3,6-7,9,11,13-14H,4-5,8,10H2,1-2H3,(H,27,30)(H,25,28,29). The normalized spacial score (nSPS) is 14.6. The minimum atomic E-state index is -4.37. The molecule has 7 nitrogen and oxygen atoms in total. The molecule has 166 valence electrons. The molecule has 1 fully saturated rings. The van der Waals surface area contributed by atoms with Crippen molar-refractivity contribution in [1.82, 2.24) is 15.3 Å². The van der Waals surface area contributed by atoms with Gasteiger partial charge < -0.3 is 15.4 Å². The van der Waals surface area contributed by atoms with Crippen molar-refractivity contribution in [2.75, 3.05) is 11.9 Å². The molecule has 0 aliphatic heterocycles. The van der Waals surface area contributed by atoms with Gasteiger partial charge in [-0.05, 0) is 56.5 Å². The molecule has 10 heteroatoms. The second-order valence-corrected chi connectivity index (χ2v) is 7.45. The molecule has 0 bridgehead atoms. The van der Waals surface area contributed by atoms with E-state index in [-0.39, 0.29) is 23.3 Å². The molecule has 3 rings (SSSR count). The van der Waals surface area contributed by atoms with Gasteiger partial charge in [0.05, 0.1) is 19.1 Å². The Bertz CT molecular complexity index is 961. The van der Waals surface area contributed by atoms with Crippen LogP contribution in [-0.2, 0) is 4.79 Å². The van der Waals surface area contributed by atoms with Crippen molar-refractivity contribution in [3.63, 3.8) is 0 Å². The molecule has 1 saturated carbocycles. The fraction of sp³-hybridized carbons (Fsp3) is 0.429. The van der Waals surface area contributed by atoms with Crippen molar-refractivity contribution in [2.24, 2.45) is 5.92 Å². The summed E-state index contributed by atoms with van der Waals surface area (Å²) >= 11 is 0. The number of carbonyl (C=O) groups excluding carboxylic acids is 2. The fourth-order valence-electron chi connectivity index (χ4n) is 2.80. The fourth-order valence-corrected chi connectivity index (χ4v) is 2.80. The lowest BCUT2D eigenvalue weighted by molar-refractivity contribution is -0.139. The molecule has 2 aromatic rings. The first-order chi connectivity index (χ1) is 14.6. The Kier molecular flexibility index (Phi) is 6.77. The quantitative estimate of drug-likeness (QED) is 0.654. The van der Waals surface area contributed by atoms with Crippen molar-refractivity contribution >= 4 is 17.6 Å². The van der Waals surface area contributed by atoms with Gasteiger partial charge in [-0.15, -0.1) is 0 Å². The number of carbonyl (C=O) groups is 2. The van der Waals surface area contributed by atoms with Gasteiger partial charge in [0, 0.05) is 17.8 Å². The zero-order valence-electron chi connectivity index (χ0n) is 17.1. The maximum Gasteiger partial charge on any atom is 0.392 e. The Labute approximate surface area is 177 Å². The van der Waals surface area contributed by atoms with Crippen LogP contribution in [0, 0.1) is 12.8 Å². The van der Waals surface area contributed by atoms with E-state index in [4.69, 9.17) is 4.74 Å². The Hall–Kier alpha value is -3.17. The summed E-state index contributed by atoms with van der Waals surface area (Å²) in [5, 5.41) is 5.52. The minimum Gasteiger partial charge on any atom is -0.477 e. The number of amides is 2. The molecule has 0 spiro atoms. The lowest BCUT2D eigenvalue weighted by Crippen LogP contribution is -2.28.